The Labute approximate surface area is 193 Å². The molecule has 4 rings (SSSR count). The Bertz CT molecular complexity index is 1160. The largest absolute Gasteiger partial charge is 0.493 e. The number of hydrogen-bond donors (Lipinski definition) is 1. The first kappa shape index (κ1) is 22.1. The number of aryl methyl sites for hydroxylation is 4. The number of amides is 1. The fourth-order valence-electron chi connectivity index (χ4n) is 3.93. The summed E-state index contributed by atoms with van der Waals surface area (Å²) in [6.45, 7) is 6.31. The van der Waals surface area contributed by atoms with Crippen LogP contribution >= 0.6 is 11.3 Å². The third kappa shape index (κ3) is 5.19. The van der Waals surface area contributed by atoms with Gasteiger partial charge >= 0.3 is 0 Å². The molecule has 0 saturated heterocycles. The van der Waals surface area contributed by atoms with Crippen molar-refractivity contribution in [2.75, 3.05) is 13.2 Å². The summed E-state index contributed by atoms with van der Waals surface area (Å²) in [5.74, 6) is 2.05. The molecule has 1 N–H and O–H groups in total. The van der Waals surface area contributed by atoms with Gasteiger partial charge in [-0.2, -0.15) is 0 Å². The van der Waals surface area contributed by atoms with Gasteiger partial charge in [0.25, 0.3) is 5.91 Å². The van der Waals surface area contributed by atoms with Crippen molar-refractivity contribution in [1.82, 2.24) is 14.9 Å². The van der Waals surface area contributed by atoms with Gasteiger partial charge in [-0.05, 0) is 61.4 Å². The van der Waals surface area contributed by atoms with Gasteiger partial charge in [0.1, 0.15) is 11.6 Å². The molecule has 0 aliphatic rings. The third-order valence-electron chi connectivity index (χ3n) is 5.52. The van der Waals surface area contributed by atoms with E-state index >= 15 is 0 Å². The second kappa shape index (κ2) is 10.5. The number of benzene rings is 2. The molecule has 0 fully saturated rings. The van der Waals surface area contributed by atoms with Gasteiger partial charge in [-0.1, -0.05) is 36.4 Å². The molecule has 4 aromatic rings. The van der Waals surface area contributed by atoms with Gasteiger partial charge in [0.05, 0.1) is 22.5 Å². The Balaban J connectivity index is 1.35. The molecule has 166 valence electrons. The molecule has 0 unspecified atom stereocenters. The predicted octanol–water partition coefficient (Wildman–Crippen LogP) is 5.55. The number of para-hydroxylation sites is 3. The predicted molar refractivity (Wildman–Crippen MR) is 131 cm³/mol. The van der Waals surface area contributed by atoms with Crippen molar-refractivity contribution in [2.24, 2.45) is 0 Å². The number of imidazole rings is 1. The lowest BCUT2D eigenvalue weighted by Gasteiger charge is -2.13. The van der Waals surface area contributed by atoms with Crippen molar-refractivity contribution in [1.29, 1.82) is 0 Å². The van der Waals surface area contributed by atoms with Gasteiger partial charge < -0.3 is 14.6 Å². The van der Waals surface area contributed by atoms with Crippen molar-refractivity contribution in [3.05, 3.63) is 81.8 Å². The van der Waals surface area contributed by atoms with E-state index in [2.05, 4.69) is 60.1 Å². The lowest BCUT2D eigenvalue weighted by atomic mass is 10.1. The van der Waals surface area contributed by atoms with E-state index in [0.717, 1.165) is 53.3 Å². The normalized spacial score (nSPS) is 11.1. The number of carbonyl (C=O) groups is 1. The maximum atomic E-state index is 12.1. The molecule has 32 heavy (non-hydrogen) atoms. The Morgan fingerprint density at radius 2 is 1.84 bits per heavy atom. The number of thiophene rings is 1. The maximum absolute atomic E-state index is 12.1. The summed E-state index contributed by atoms with van der Waals surface area (Å²) in [7, 11) is 0. The molecule has 6 heteroatoms. The number of hydrogen-bond acceptors (Lipinski definition) is 4. The van der Waals surface area contributed by atoms with Crippen LogP contribution in [0.1, 0.15) is 39.5 Å². The lowest BCUT2D eigenvalue weighted by Crippen LogP contribution is -2.24. The van der Waals surface area contributed by atoms with Crippen LogP contribution in [0.4, 0.5) is 0 Å². The fourth-order valence-corrected chi connectivity index (χ4v) is 4.57. The standard InChI is InChI=1S/C26H29N3O2S/c1-19-9-5-10-20(2)25(19)31-17-8-16-29-22-12-4-3-11-21(22)28-24(29)14-6-15-27-26(30)23-13-7-18-32-23/h3-5,7,9-13,18H,6,8,14-17H2,1-2H3,(H,27,30). The van der Waals surface area contributed by atoms with E-state index < -0.39 is 0 Å². The van der Waals surface area contributed by atoms with Crippen LogP contribution < -0.4 is 10.1 Å². The molecule has 0 bridgehead atoms. The molecular weight excluding hydrogens is 418 g/mol. The minimum Gasteiger partial charge on any atom is -0.493 e. The zero-order valence-electron chi connectivity index (χ0n) is 18.6. The number of aromatic nitrogens is 2. The molecule has 2 heterocycles. The Morgan fingerprint density at radius 3 is 2.62 bits per heavy atom. The van der Waals surface area contributed by atoms with Crippen LogP contribution in [0.2, 0.25) is 0 Å². The van der Waals surface area contributed by atoms with E-state index in [1.54, 1.807) is 0 Å². The molecule has 2 aromatic heterocycles. The Morgan fingerprint density at radius 1 is 1.03 bits per heavy atom. The van der Waals surface area contributed by atoms with Crippen molar-refractivity contribution in [3.8, 4) is 5.75 Å². The second-order valence-electron chi connectivity index (χ2n) is 7.93. The number of carbonyl (C=O) groups excluding carboxylic acids is 1. The highest BCUT2D eigenvalue weighted by Gasteiger charge is 2.11. The first-order chi connectivity index (χ1) is 15.6. The molecule has 0 radical (unpaired) electrons. The highest BCUT2D eigenvalue weighted by atomic mass is 32.1. The molecule has 0 spiro atoms. The summed E-state index contributed by atoms with van der Waals surface area (Å²) in [5, 5.41) is 4.92. The highest BCUT2D eigenvalue weighted by Crippen LogP contribution is 2.23. The molecule has 0 aliphatic carbocycles. The van der Waals surface area contributed by atoms with Gasteiger partial charge in [0.2, 0.25) is 0 Å². The summed E-state index contributed by atoms with van der Waals surface area (Å²) < 4.78 is 8.39. The molecule has 0 atom stereocenters. The fraction of sp³-hybridized carbons (Fsp3) is 0.308. The molecule has 0 aliphatic heterocycles. The molecule has 5 nitrogen and oxygen atoms in total. The zero-order valence-corrected chi connectivity index (χ0v) is 19.5. The van der Waals surface area contributed by atoms with E-state index in [1.807, 2.05) is 23.6 Å². The van der Waals surface area contributed by atoms with Crippen LogP contribution in [0.3, 0.4) is 0 Å². The van der Waals surface area contributed by atoms with E-state index in [0.29, 0.717) is 13.2 Å². The van der Waals surface area contributed by atoms with E-state index in [9.17, 15) is 4.79 Å². The Hall–Kier alpha value is -3.12. The summed E-state index contributed by atoms with van der Waals surface area (Å²) in [6.07, 6.45) is 2.56. The number of nitrogens with zero attached hydrogens (tertiary/aromatic N) is 2. The number of ether oxygens (including phenoxy) is 1. The lowest BCUT2D eigenvalue weighted by molar-refractivity contribution is 0.0957. The monoisotopic (exact) mass is 447 g/mol. The first-order valence-electron chi connectivity index (χ1n) is 11.1. The van der Waals surface area contributed by atoms with Gasteiger partial charge in [-0.15, -0.1) is 11.3 Å². The van der Waals surface area contributed by atoms with Crippen LogP contribution in [0.15, 0.2) is 60.0 Å². The maximum Gasteiger partial charge on any atom is 0.261 e. The van der Waals surface area contributed by atoms with Crippen LogP contribution in [0.25, 0.3) is 11.0 Å². The van der Waals surface area contributed by atoms with Crippen LogP contribution in [0.5, 0.6) is 5.75 Å². The average molecular weight is 448 g/mol. The molecular formula is C26H29N3O2S. The number of nitrogens with one attached hydrogen (secondary N) is 1. The van der Waals surface area contributed by atoms with E-state index in [4.69, 9.17) is 9.72 Å². The molecule has 1 amide bonds. The summed E-state index contributed by atoms with van der Waals surface area (Å²) >= 11 is 1.46. The van der Waals surface area contributed by atoms with Crippen LogP contribution in [0, 0.1) is 13.8 Å². The highest BCUT2D eigenvalue weighted by molar-refractivity contribution is 7.12. The summed E-state index contributed by atoms with van der Waals surface area (Å²) in [4.78, 5) is 17.7. The van der Waals surface area contributed by atoms with Gasteiger partial charge in [-0.3, -0.25) is 4.79 Å². The average Bonchev–Trinajstić information content (AvgIpc) is 3.44. The SMILES string of the molecule is Cc1cccc(C)c1OCCCn1c(CCCNC(=O)c2cccs2)nc2ccccc21. The topological polar surface area (TPSA) is 56.1 Å². The van der Waals surface area contributed by atoms with Gasteiger partial charge in [0, 0.05) is 19.5 Å². The summed E-state index contributed by atoms with van der Waals surface area (Å²) in [5.41, 5.74) is 4.50. The number of fused-ring (bicyclic) bond motifs is 1. The second-order valence-corrected chi connectivity index (χ2v) is 8.88. The van der Waals surface area contributed by atoms with Crippen molar-refractivity contribution in [2.45, 2.75) is 39.7 Å². The molecule has 2 aromatic carbocycles. The van der Waals surface area contributed by atoms with Crippen molar-refractivity contribution < 1.29 is 9.53 Å². The number of rotatable bonds is 10. The van der Waals surface area contributed by atoms with E-state index in [-0.39, 0.29) is 5.91 Å². The van der Waals surface area contributed by atoms with Crippen molar-refractivity contribution >= 4 is 28.3 Å². The minimum atomic E-state index is -0.00264. The van der Waals surface area contributed by atoms with Gasteiger partial charge in [0.15, 0.2) is 0 Å². The van der Waals surface area contributed by atoms with Crippen LogP contribution in [-0.4, -0.2) is 28.6 Å². The quantitative estimate of drug-likeness (QED) is 0.325. The third-order valence-corrected chi connectivity index (χ3v) is 6.39. The molecule has 0 saturated carbocycles. The Kier molecular flexibility index (Phi) is 7.22. The van der Waals surface area contributed by atoms with Crippen molar-refractivity contribution in [3.63, 3.8) is 0 Å². The van der Waals surface area contributed by atoms with Crippen LogP contribution in [-0.2, 0) is 13.0 Å². The van der Waals surface area contributed by atoms with Gasteiger partial charge in [-0.25, -0.2) is 4.98 Å². The first-order valence-corrected chi connectivity index (χ1v) is 12.0. The zero-order chi connectivity index (χ0) is 22.3. The minimum absolute atomic E-state index is 0.00264. The smallest absolute Gasteiger partial charge is 0.261 e. The van der Waals surface area contributed by atoms with E-state index in [1.165, 1.54) is 22.5 Å². The summed E-state index contributed by atoms with van der Waals surface area (Å²) in [6, 6.07) is 18.2.